The largest absolute Gasteiger partial charge is 0.493 e. The molecule has 3 nitrogen and oxygen atoms in total. The predicted molar refractivity (Wildman–Crippen MR) is 105 cm³/mol. The lowest BCUT2D eigenvalue weighted by atomic mass is 10.3. The van der Waals surface area contributed by atoms with Gasteiger partial charge in [-0.2, -0.15) is 0 Å². The topological polar surface area (TPSA) is 27.1 Å². The molecule has 0 aliphatic heterocycles. The van der Waals surface area contributed by atoms with Crippen LogP contribution >= 0.6 is 58.5 Å². The number of hydrogen-bond donors (Lipinski definition) is 0. The van der Waals surface area contributed by atoms with Gasteiger partial charge in [0.05, 0.1) is 12.3 Å². The number of halogens is 2. The van der Waals surface area contributed by atoms with E-state index in [0.29, 0.717) is 20.6 Å². The first-order chi connectivity index (χ1) is 11.6. The lowest BCUT2D eigenvalue weighted by Crippen LogP contribution is -2.00. The highest BCUT2D eigenvalue weighted by Gasteiger charge is 2.06. The molecule has 24 heavy (non-hydrogen) atoms. The summed E-state index contributed by atoms with van der Waals surface area (Å²) in [5, 5.41) is 5.93. The predicted octanol–water partition coefficient (Wildman–Crippen LogP) is 6.14. The van der Waals surface area contributed by atoms with E-state index in [4.69, 9.17) is 40.2 Å². The number of thioether (sulfide) groups is 1. The average molecular weight is 415 g/mol. The van der Waals surface area contributed by atoms with Crippen molar-refractivity contribution in [1.82, 2.24) is 9.78 Å². The smallest absolute Gasteiger partial charge is 0.184 e. The summed E-state index contributed by atoms with van der Waals surface area (Å²) in [6.45, 7) is 0.583. The Morgan fingerprint density at radius 3 is 2.33 bits per heavy atom. The van der Waals surface area contributed by atoms with Gasteiger partial charge in [0.2, 0.25) is 0 Å². The van der Waals surface area contributed by atoms with Crippen molar-refractivity contribution in [2.24, 2.45) is 0 Å². The van der Waals surface area contributed by atoms with Gasteiger partial charge in [-0.05, 0) is 60.7 Å². The standard InChI is InChI=1S/C16H12Cl2N2OS3/c17-11-1-5-13(6-2-11)20-16(22)24-15(19-20)23-10-9-21-14-7-3-12(18)4-8-14/h1-8H,9-10H2. The van der Waals surface area contributed by atoms with Crippen molar-refractivity contribution in [3.63, 3.8) is 0 Å². The minimum absolute atomic E-state index is 0.583. The molecule has 1 heterocycles. The molecule has 0 saturated heterocycles. The number of aromatic nitrogens is 2. The summed E-state index contributed by atoms with van der Waals surface area (Å²) in [4.78, 5) is 0. The number of ether oxygens (including phenoxy) is 1. The van der Waals surface area contributed by atoms with E-state index in [1.165, 1.54) is 11.3 Å². The fourth-order valence-electron chi connectivity index (χ4n) is 1.88. The van der Waals surface area contributed by atoms with Gasteiger partial charge in [-0.3, -0.25) is 0 Å². The zero-order chi connectivity index (χ0) is 16.9. The van der Waals surface area contributed by atoms with Crippen LogP contribution < -0.4 is 4.74 Å². The number of hydrogen-bond acceptors (Lipinski definition) is 5. The molecule has 0 saturated carbocycles. The molecular weight excluding hydrogens is 403 g/mol. The summed E-state index contributed by atoms with van der Waals surface area (Å²) in [6.07, 6.45) is 0. The number of nitrogens with zero attached hydrogens (tertiary/aromatic N) is 2. The number of rotatable bonds is 6. The lowest BCUT2D eigenvalue weighted by Gasteiger charge is -2.04. The van der Waals surface area contributed by atoms with Crippen molar-refractivity contribution in [2.75, 3.05) is 12.4 Å². The SMILES string of the molecule is S=c1sc(SCCOc2ccc(Cl)cc2)nn1-c1ccc(Cl)cc1. The van der Waals surface area contributed by atoms with Crippen LogP contribution in [-0.4, -0.2) is 22.1 Å². The van der Waals surface area contributed by atoms with Crippen molar-refractivity contribution >= 4 is 58.5 Å². The van der Waals surface area contributed by atoms with Crippen LogP contribution in [0.3, 0.4) is 0 Å². The van der Waals surface area contributed by atoms with Crippen LogP contribution in [0.2, 0.25) is 10.0 Å². The summed E-state index contributed by atoms with van der Waals surface area (Å²) < 4.78 is 9.03. The van der Waals surface area contributed by atoms with E-state index in [-0.39, 0.29) is 0 Å². The highest BCUT2D eigenvalue weighted by atomic mass is 35.5. The molecule has 124 valence electrons. The van der Waals surface area contributed by atoms with E-state index >= 15 is 0 Å². The second kappa shape index (κ2) is 8.36. The van der Waals surface area contributed by atoms with E-state index in [1.54, 1.807) is 16.4 Å². The molecule has 0 aliphatic rings. The minimum atomic E-state index is 0.583. The van der Waals surface area contributed by atoms with Crippen LogP contribution in [-0.2, 0) is 0 Å². The Morgan fingerprint density at radius 1 is 1.04 bits per heavy atom. The summed E-state index contributed by atoms with van der Waals surface area (Å²) >= 11 is 20.2. The summed E-state index contributed by atoms with van der Waals surface area (Å²) in [6, 6.07) is 14.8. The maximum absolute atomic E-state index is 5.91. The Bertz CT molecular complexity index is 860. The van der Waals surface area contributed by atoms with Crippen molar-refractivity contribution in [2.45, 2.75) is 4.34 Å². The second-order valence-corrected chi connectivity index (χ2v) is 8.51. The third-order valence-corrected chi connectivity index (χ3v) is 5.83. The minimum Gasteiger partial charge on any atom is -0.493 e. The van der Waals surface area contributed by atoms with Gasteiger partial charge in [0, 0.05) is 15.8 Å². The Kier molecular flexibility index (Phi) is 6.19. The first-order valence-corrected chi connectivity index (χ1v) is 9.96. The normalized spacial score (nSPS) is 10.8. The van der Waals surface area contributed by atoms with Gasteiger partial charge in [0.25, 0.3) is 0 Å². The van der Waals surface area contributed by atoms with E-state index in [1.807, 2.05) is 48.5 Å². The maximum atomic E-state index is 5.91. The van der Waals surface area contributed by atoms with Gasteiger partial charge >= 0.3 is 0 Å². The van der Waals surface area contributed by atoms with Crippen LogP contribution in [0, 0.1) is 3.95 Å². The highest BCUT2D eigenvalue weighted by molar-refractivity contribution is 8.01. The molecule has 0 atom stereocenters. The Hall–Kier alpha value is -1.05. The van der Waals surface area contributed by atoms with Crippen LogP contribution in [0.5, 0.6) is 5.75 Å². The highest BCUT2D eigenvalue weighted by Crippen LogP contribution is 2.25. The van der Waals surface area contributed by atoms with Crippen LogP contribution in [0.25, 0.3) is 5.69 Å². The monoisotopic (exact) mass is 414 g/mol. The molecule has 0 fully saturated rings. The van der Waals surface area contributed by atoms with Crippen molar-refractivity contribution in [3.8, 4) is 11.4 Å². The summed E-state index contributed by atoms with van der Waals surface area (Å²) in [5.41, 5.74) is 0.907. The molecule has 0 radical (unpaired) electrons. The molecule has 0 aliphatic carbocycles. The van der Waals surface area contributed by atoms with E-state index in [0.717, 1.165) is 21.5 Å². The van der Waals surface area contributed by atoms with Gasteiger partial charge in [0.15, 0.2) is 8.29 Å². The second-order valence-electron chi connectivity index (χ2n) is 4.67. The van der Waals surface area contributed by atoms with Crippen LogP contribution in [0.1, 0.15) is 0 Å². The fourth-order valence-corrected chi connectivity index (χ4v) is 4.38. The first-order valence-electron chi connectivity index (χ1n) is 6.99. The number of benzene rings is 2. The first kappa shape index (κ1) is 17.8. The van der Waals surface area contributed by atoms with Crippen molar-refractivity contribution < 1.29 is 4.74 Å². The van der Waals surface area contributed by atoms with Crippen molar-refractivity contribution in [3.05, 3.63) is 62.5 Å². The molecule has 0 spiro atoms. The van der Waals surface area contributed by atoms with E-state index < -0.39 is 0 Å². The molecule has 8 heteroatoms. The van der Waals surface area contributed by atoms with E-state index in [9.17, 15) is 0 Å². The third kappa shape index (κ3) is 4.74. The molecule has 0 N–H and O–H groups in total. The van der Waals surface area contributed by atoms with Gasteiger partial charge < -0.3 is 4.74 Å². The van der Waals surface area contributed by atoms with Gasteiger partial charge in [-0.15, -0.1) is 5.10 Å². The van der Waals surface area contributed by atoms with Crippen LogP contribution in [0.15, 0.2) is 52.9 Å². The Balaban J connectivity index is 1.56. The fraction of sp³-hybridized carbons (Fsp3) is 0.125. The molecule has 0 bridgehead atoms. The van der Waals surface area contributed by atoms with E-state index in [2.05, 4.69) is 5.10 Å². The molecular formula is C16H12Cl2N2OS3. The lowest BCUT2D eigenvalue weighted by molar-refractivity contribution is 0.344. The Morgan fingerprint density at radius 2 is 1.67 bits per heavy atom. The van der Waals surface area contributed by atoms with Crippen molar-refractivity contribution in [1.29, 1.82) is 0 Å². The Labute approximate surface area is 163 Å². The molecule has 1 aromatic heterocycles. The molecule has 0 amide bonds. The average Bonchev–Trinajstić information content (AvgIpc) is 2.95. The maximum Gasteiger partial charge on any atom is 0.184 e. The van der Waals surface area contributed by atoms with Gasteiger partial charge in [0.1, 0.15) is 5.75 Å². The zero-order valence-corrected chi connectivity index (χ0v) is 16.3. The molecule has 3 rings (SSSR count). The van der Waals surface area contributed by atoms with Gasteiger partial charge in [-0.25, -0.2) is 4.68 Å². The quantitative estimate of drug-likeness (QED) is 0.275. The molecule has 2 aromatic carbocycles. The van der Waals surface area contributed by atoms with Gasteiger partial charge in [-0.1, -0.05) is 46.3 Å². The summed E-state index contributed by atoms with van der Waals surface area (Å²) in [7, 11) is 0. The van der Waals surface area contributed by atoms with Crippen LogP contribution in [0.4, 0.5) is 0 Å². The molecule has 3 aromatic rings. The third-order valence-electron chi connectivity index (χ3n) is 2.99. The zero-order valence-electron chi connectivity index (χ0n) is 12.3. The summed E-state index contributed by atoms with van der Waals surface area (Å²) in [5.74, 6) is 1.59. The molecule has 0 unspecified atom stereocenters.